The smallest absolute Gasteiger partial charge is 0.278 e. The monoisotopic (exact) mass is 187 g/mol. The molecule has 0 fully saturated rings. The fraction of sp³-hybridized carbons (Fsp3) is 0.900. The molecule has 0 bridgehead atoms. The largest absolute Gasteiger partial charge is 0.351 e. The molecule has 0 spiro atoms. The van der Waals surface area contributed by atoms with Gasteiger partial charge in [0.15, 0.2) is 6.04 Å². The number of amides is 1. The van der Waals surface area contributed by atoms with Crippen molar-refractivity contribution < 1.29 is 9.28 Å². The van der Waals surface area contributed by atoms with Crippen molar-refractivity contribution in [3.8, 4) is 0 Å². The van der Waals surface area contributed by atoms with Gasteiger partial charge in [0.05, 0.1) is 21.1 Å². The van der Waals surface area contributed by atoms with Gasteiger partial charge in [0.1, 0.15) is 0 Å². The minimum atomic E-state index is 0.0416. The van der Waals surface area contributed by atoms with Gasteiger partial charge in [0.25, 0.3) is 5.91 Å². The van der Waals surface area contributed by atoms with Gasteiger partial charge in [0.2, 0.25) is 0 Å². The summed E-state index contributed by atoms with van der Waals surface area (Å²) in [5.41, 5.74) is 0. The van der Waals surface area contributed by atoms with Gasteiger partial charge in [0, 0.05) is 12.5 Å². The first-order chi connectivity index (χ1) is 5.80. The van der Waals surface area contributed by atoms with Crippen molar-refractivity contribution >= 4 is 5.91 Å². The molecule has 0 aliphatic rings. The first-order valence-electron chi connectivity index (χ1n) is 4.89. The maximum absolute atomic E-state index is 11.7. The second-order valence-corrected chi connectivity index (χ2v) is 4.70. The first kappa shape index (κ1) is 12.4. The molecule has 78 valence electrons. The highest BCUT2D eigenvalue weighted by Gasteiger charge is 2.33. The lowest BCUT2D eigenvalue weighted by Gasteiger charge is -2.35. The van der Waals surface area contributed by atoms with Crippen LogP contribution in [0.4, 0.5) is 0 Å². The highest BCUT2D eigenvalue weighted by Crippen LogP contribution is 2.13. The molecule has 3 heteroatoms. The lowest BCUT2D eigenvalue weighted by molar-refractivity contribution is -0.890. The van der Waals surface area contributed by atoms with Crippen LogP contribution in [-0.4, -0.2) is 44.1 Å². The van der Waals surface area contributed by atoms with E-state index < -0.39 is 0 Å². The second-order valence-electron chi connectivity index (χ2n) is 4.70. The molecule has 3 nitrogen and oxygen atoms in total. The standard InChI is InChI=1S/C10H22N2O/c1-7-11-10(13)9(8(2)3)12(4,5)6/h8-9H,7H2,1-6H3/p+1. The Kier molecular flexibility index (Phi) is 4.40. The molecule has 1 unspecified atom stereocenters. The van der Waals surface area contributed by atoms with Crippen LogP contribution in [0, 0.1) is 5.92 Å². The van der Waals surface area contributed by atoms with Gasteiger partial charge in [-0.2, -0.15) is 0 Å². The Morgan fingerprint density at radius 2 is 1.77 bits per heavy atom. The van der Waals surface area contributed by atoms with E-state index in [4.69, 9.17) is 0 Å². The van der Waals surface area contributed by atoms with Crippen LogP contribution < -0.4 is 5.32 Å². The van der Waals surface area contributed by atoms with Crippen molar-refractivity contribution in [3.05, 3.63) is 0 Å². The number of hydrogen-bond donors (Lipinski definition) is 1. The molecule has 0 saturated carbocycles. The van der Waals surface area contributed by atoms with Gasteiger partial charge in [-0.3, -0.25) is 4.79 Å². The van der Waals surface area contributed by atoms with Crippen LogP contribution in [0.15, 0.2) is 0 Å². The maximum Gasteiger partial charge on any atom is 0.278 e. The molecule has 1 atom stereocenters. The predicted octanol–water partition coefficient (Wildman–Crippen LogP) is 0.853. The van der Waals surface area contributed by atoms with Gasteiger partial charge in [-0.25, -0.2) is 0 Å². The summed E-state index contributed by atoms with van der Waals surface area (Å²) >= 11 is 0. The fourth-order valence-corrected chi connectivity index (χ4v) is 1.83. The van der Waals surface area contributed by atoms with Crippen molar-refractivity contribution in [2.75, 3.05) is 27.7 Å². The third-order valence-corrected chi connectivity index (χ3v) is 2.09. The molecule has 0 aromatic rings. The van der Waals surface area contributed by atoms with Crippen molar-refractivity contribution in [1.82, 2.24) is 5.32 Å². The molecule has 0 radical (unpaired) electrons. The highest BCUT2D eigenvalue weighted by molar-refractivity contribution is 5.80. The van der Waals surface area contributed by atoms with Crippen molar-refractivity contribution in [1.29, 1.82) is 0 Å². The summed E-state index contributed by atoms with van der Waals surface area (Å²) in [5.74, 6) is 0.525. The molecular formula is C10H23N2O+. The minimum Gasteiger partial charge on any atom is -0.351 e. The summed E-state index contributed by atoms with van der Waals surface area (Å²) in [7, 11) is 6.17. The molecule has 0 aliphatic heterocycles. The molecule has 0 saturated heterocycles. The summed E-state index contributed by atoms with van der Waals surface area (Å²) in [5, 5.41) is 2.88. The molecule has 0 aromatic carbocycles. The Morgan fingerprint density at radius 3 is 2.00 bits per heavy atom. The third-order valence-electron chi connectivity index (χ3n) is 2.09. The van der Waals surface area contributed by atoms with Gasteiger partial charge in [-0.05, 0) is 6.92 Å². The van der Waals surface area contributed by atoms with E-state index in [0.29, 0.717) is 16.9 Å². The summed E-state index contributed by atoms with van der Waals surface area (Å²) in [6.07, 6.45) is 0. The SMILES string of the molecule is CCNC(=O)C(C(C)C)[N+](C)(C)C. The molecular weight excluding hydrogens is 164 g/mol. The van der Waals surface area contributed by atoms with Gasteiger partial charge in [-0.15, -0.1) is 0 Å². The molecule has 0 aliphatic carbocycles. The topological polar surface area (TPSA) is 29.1 Å². The van der Waals surface area contributed by atoms with Crippen LogP contribution in [0.3, 0.4) is 0 Å². The molecule has 1 N–H and O–H groups in total. The predicted molar refractivity (Wildman–Crippen MR) is 55.3 cm³/mol. The van der Waals surface area contributed by atoms with E-state index in [0.717, 1.165) is 0 Å². The Bertz CT molecular complexity index is 170. The summed E-state index contributed by atoms with van der Waals surface area (Å²) in [6.45, 7) is 6.83. The Hall–Kier alpha value is -0.570. The van der Waals surface area contributed by atoms with Crippen LogP contribution >= 0.6 is 0 Å². The van der Waals surface area contributed by atoms with E-state index in [2.05, 4.69) is 40.3 Å². The van der Waals surface area contributed by atoms with Crippen molar-refractivity contribution in [2.45, 2.75) is 26.8 Å². The second kappa shape index (κ2) is 4.61. The number of quaternary nitrogens is 1. The third kappa shape index (κ3) is 3.77. The Morgan fingerprint density at radius 1 is 1.31 bits per heavy atom. The van der Waals surface area contributed by atoms with Crippen molar-refractivity contribution in [2.24, 2.45) is 5.92 Å². The zero-order valence-electron chi connectivity index (χ0n) is 9.72. The van der Waals surface area contributed by atoms with E-state index in [1.54, 1.807) is 0 Å². The number of hydrogen-bond acceptors (Lipinski definition) is 1. The Balaban J connectivity index is 4.52. The quantitative estimate of drug-likeness (QED) is 0.650. The average Bonchev–Trinajstić information content (AvgIpc) is 1.82. The van der Waals surface area contributed by atoms with E-state index in [1.165, 1.54) is 0 Å². The number of rotatable bonds is 4. The van der Waals surface area contributed by atoms with Gasteiger partial charge < -0.3 is 9.80 Å². The van der Waals surface area contributed by atoms with Gasteiger partial charge >= 0.3 is 0 Å². The number of nitrogens with one attached hydrogen (secondary N) is 1. The summed E-state index contributed by atoms with van der Waals surface area (Å²) in [4.78, 5) is 11.7. The lowest BCUT2D eigenvalue weighted by Crippen LogP contribution is -2.56. The number of likely N-dealkylation sites (N-methyl/N-ethyl adjacent to an activating group) is 2. The number of carbonyl (C=O) groups excluding carboxylic acids is 1. The molecule has 0 heterocycles. The molecule has 13 heavy (non-hydrogen) atoms. The number of nitrogens with zero attached hydrogens (tertiary/aromatic N) is 1. The number of carbonyl (C=O) groups is 1. The normalized spacial score (nSPS) is 14.4. The minimum absolute atomic E-state index is 0.0416. The fourth-order valence-electron chi connectivity index (χ4n) is 1.83. The molecule has 0 aromatic heterocycles. The summed E-state index contributed by atoms with van der Waals surface area (Å²) in [6, 6.07) is 0.0416. The maximum atomic E-state index is 11.7. The van der Waals surface area contributed by atoms with Crippen LogP contribution in [0.2, 0.25) is 0 Å². The van der Waals surface area contributed by atoms with Crippen LogP contribution in [0.5, 0.6) is 0 Å². The van der Waals surface area contributed by atoms with Crippen LogP contribution in [-0.2, 0) is 4.79 Å². The van der Waals surface area contributed by atoms with Crippen LogP contribution in [0.1, 0.15) is 20.8 Å². The summed E-state index contributed by atoms with van der Waals surface area (Å²) < 4.78 is 0.684. The lowest BCUT2D eigenvalue weighted by atomic mass is 10.0. The van der Waals surface area contributed by atoms with Crippen molar-refractivity contribution in [3.63, 3.8) is 0 Å². The van der Waals surface area contributed by atoms with E-state index in [-0.39, 0.29) is 11.9 Å². The van der Waals surface area contributed by atoms with E-state index >= 15 is 0 Å². The zero-order valence-corrected chi connectivity index (χ0v) is 9.72. The Labute approximate surface area is 81.7 Å². The molecule has 1 amide bonds. The van der Waals surface area contributed by atoms with Gasteiger partial charge in [-0.1, -0.05) is 13.8 Å². The average molecular weight is 187 g/mol. The van der Waals surface area contributed by atoms with E-state index in [9.17, 15) is 4.79 Å². The first-order valence-corrected chi connectivity index (χ1v) is 4.89. The van der Waals surface area contributed by atoms with Crippen LogP contribution in [0.25, 0.3) is 0 Å². The molecule has 0 rings (SSSR count). The van der Waals surface area contributed by atoms with E-state index in [1.807, 2.05) is 6.92 Å². The highest BCUT2D eigenvalue weighted by atomic mass is 16.2. The zero-order chi connectivity index (χ0) is 10.6.